The van der Waals surface area contributed by atoms with E-state index in [2.05, 4.69) is 0 Å². The summed E-state index contributed by atoms with van der Waals surface area (Å²) >= 11 is 0. The Morgan fingerprint density at radius 3 is 2.76 bits per heavy atom. The summed E-state index contributed by atoms with van der Waals surface area (Å²) in [6, 6.07) is 4.01. The molecule has 3 nitrogen and oxygen atoms in total. The maximum Gasteiger partial charge on any atom is 0.163 e. The lowest BCUT2D eigenvalue weighted by Crippen LogP contribution is -2.26. The lowest BCUT2D eigenvalue weighted by Gasteiger charge is -2.24. The minimum atomic E-state index is -0.392. The molecule has 1 aliphatic heterocycles. The highest BCUT2D eigenvalue weighted by Crippen LogP contribution is 2.24. The van der Waals surface area contributed by atoms with Crippen LogP contribution in [0.1, 0.15) is 30.1 Å². The molecule has 1 saturated heterocycles. The zero-order valence-electron chi connectivity index (χ0n) is 9.74. The highest BCUT2D eigenvalue weighted by Gasteiger charge is 2.18. The number of hydrogen-bond acceptors (Lipinski definition) is 3. The molecule has 0 aliphatic carbocycles. The highest BCUT2D eigenvalue weighted by atomic mass is 19.1. The van der Waals surface area contributed by atoms with Gasteiger partial charge in [0.1, 0.15) is 17.7 Å². The van der Waals surface area contributed by atoms with Crippen molar-refractivity contribution in [3.63, 3.8) is 0 Å². The van der Waals surface area contributed by atoms with Gasteiger partial charge < -0.3 is 9.47 Å². The zero-order chi connectivity index (χ0) is 12.3. The summed E-state index contributed by atoms with van der Waals surface area (Å²) in [6.07, 6.45) is 1.55. The van der Waals surface area contributed by atoms with Gasteiger partial charge in [0.25, 0.3) is 0 Å². The highest BCUT2D eigenvalue weighted by molar-refractivity contribution is 5.96. The van der Waals surface area contributed by atoms with Crippen molar-refractivity contribution in [3.05, 3.63) is 29.6 Å². The third kappa shape index (κ3) is 3.03. The van der Waals surface area contributed by atoms with Gasteiger partial charge in [-0.2, -0.15) is 0 Å². The first-order valence-electron chi connectivity index (χ1n) is 5.71. The van der Waals surface area contributed by atoms with Crippen LogP contribution in [0.15, 0.2) is 18.2 Å². The summed E-state index contributed by atoms with van der Waals surface area (Å²) in [7, 11) is 0. The van der Waals surface area contributed by atoms with Crippen LogP contribution in [-0.2, 0) is 4.74 Å². The molecule has 92 valence electrons. The summed E-state index contributed by atoms with van der Waals surface area (Å²) in [4.78, 5) is 11.4. The van der Waals surface area contributed by atoms with E-state index in [-0.39, 0.29) is 11.9 Å². The van der Waals surface area contributed by atoms with Gasteiger partial charge in [-0.25, -0.2) is 4.39 Å². The molecular weight excluding hydrogens is 223 g/mol. The standard InChI is InChI=1S/C13H15FO3/c1-9(15)12-3-2-10(14)8-13(12)17-11-4-6-16-7-5-11/h2-3,8,11H,4-7H2,1H3. The number of carbonyl (C=O) groups is 1. The molecular formula is C13H15FO3. The van der Waals surface area contributed by atoms with Gasteiger partial charge in [-0.15, -0.1) is 0 Å². The number of hydrogen-bond donors (Lipinski definition) is 0. The van der Waals surface area contributed by atoms with Crippen molar-refractivity contribution < 1.29 is 18.7 Å². The maximum absolute atomic E-state index is 13.1. The molecule has 1 heterocycles. The topological polar surface area (TPSA) is 35.5 Å². The number of benzene rings is 1. The molecule has 2 rings (SSSR count). The quantitative estimate of drug-likeness (QED) is 0.759. The number of carbonyl (C=O) groups excluding carboxylic acids is 1. The Morgan fingerprint density at radius 2 is 2.12 bits per heavy atom. The lowest BCUT2D eigenvalue weighted by atomic mass is 10.1. The van der Waals surface area contributed by atoms with E-state index in [1.54, 1.807) is 0 Å². The monoisotopic (exact) mass is 238 g/mol. The molecule has 1 aliphatic rings. The van der Waals surface area contributed by atoms with Crippen LogP contribution in [-0.4, -0.2) is 25.1 Å². The van der Waals surface area contributed by atoms with Crippen molar-refractivity contribution in [1.82, 2.24) is 0 Å². The first-order valence-corrected chi connectivity index (χ1v) is 5.71. The van der Waals surface area contributed by atoms with Crippen LogP contribution < -0.4 is 4.74 Å². The Labute approximate surface area is 99.5 Å². The third-order valence-electron chi connectivity index (χ3n) is 2.78. The van der Waals surface area contributed by atoms with E-state index in [0.29, 0.717) is 24.5 Å². The van der Waals surface area contributed by atoms with E-state index >= 15 is 0 Å². The first-order chi connectivity index (χ1) is 8.16. The number of ketones is 1. The average molecular weight is 238 g/mol. The van der Waals surface area contributed by atoms with Gasteiger partial charge in [-0.1, -0.05) is 0 Å². The van der Waals surface area contributed by atoms with Crippen molar-refractivity contribution in [2.75, 3.05) is 13.2 Å². The van der Waals surface area contributed by atoms with E-state index in [1.807, 2.05) is 0 Å². The SMILES string of the molecule is CC(=O)c1ccc(F)cc1OC1CCOCC1. The molecule has 1 aromatic rings. The van der Waals surface area contributed by atoms with Gasteiger partial charge in [0, 0.05) is 18.9 Å². The van der Waals surface area contributed by atoms with E-state index in [0.717, 1.165) is 12.8 Å². The number of halogens is 1. The average Bonchev–Trinajstić information content (AvgIpc) is 2.30. The normalized spacial score (nSPS) is 16.8. The molecule has 0 aromatic heterocycles. The number of Topliss-reactive ketones (excluding diaryl/α,β-unsaturated/α-hetero) is 1. The van der Waals surface area contributed by atoms with E-state index < -0.39 is 5.82 Å². The molecule has 0 N–H and O–H groups in total. The largest absolute Gasteiger partial charge is 0.489 e. The van der Waals surface area contributed by atoms with Crippen LogP contribution in [0.3, 0.4) is 0 Å². The molecule has 17 heavy (non-hydrogen) atoms. The Hall–Kier alpha value is -1.42. The lowest BCUT2D eigenvalue weighted by molar-refractivity contribution is 0.0251. The molecule has 0 saturated carbocycles. The number of ether oxygens (including phenoxy) is 2. The third-order valence-corrected chi connectivity index (χ3v) is 2.78. The minimum absolute atomic E-state index is 0.00338. The van der Waals surface area contributed by atoms with Gasteiger partial charge in [0.05, 0.1) is 18.8 Å². The fourth-order valence-electron chi connectivity index (χ4n) is 1.86. The van der Waals surface area contributed by atoms with Gasteiger partial charge in [-0.05, 0) is 19.1 Å². The molecule has 0 atom stereocenters. The molecule has 1 aromatic carbocycles. The van der Waals surface area contributed by atoms with Crippen molar-refractivity contribution in [2.45, 2.75) is 25.9 Å². The Kier molecular flexibility index (Phi) is 3.74. The van der Waals surface area contributed by atoms with E-state index in [4.69, 9.17) is 9.47 Å². The summed E-state index contributed by atoms with van der Waals surface area (Å²) in [5.74, 6) is -0.173. The zero-order valence-corrected chi connectivity index (χ0v) is 9.74. The van der Waals surface area contributed by atoms with Crippen molar-refractivity contribution in [1.29, 1.82) is 0 Å². The second-order valence-corrected chi connectivity index (χ2v) is 4.13. The first kappa shape index (κ1) is 12.0. The minimum Gasteiger partial charge on any atom is -0.489 e. The van der Waals surface area contributed by atoms with Crippen LogP contribution in [0.4, 0.5) is 4.39 Å². The van der Waals surface area contributed by atoms with Crippen molar-refractivity contribution in [3.8, 4) is 5.75 Å². The summed E-state index contributed by atoms with van der Waals surface area (Å²) in [6.45, 7) is 2.74. The van der Waals surface area contributed by atoms with Gasteiger partial charge in [0.15, 0.2) is 5.78 Å². The molecule has 0 amide bonds. The second kappa shape index (κ2) is 5.27. The smallest absolute Gasteiger partial charge is 0.163 e. The molecule has 0 spiro atoms. The maximum atomic E-state index is 13.1. The second-order valence-electron chi connectivity index (χ2n) is 4.13. The van der Waals surface area contributed by atoms with Crippen LogP contribution in [0.2, 0.25) is 0 Å². The fraction of sp³-hybridized carbons (Fsp3) is 0.462. The predicted octanol–water partition coefficient (Wildman–Crippen LogP) is 2.59. The van der Waals surface area contributed by atoms with Gasteiger partial charge in [0.2, 0.25) is 0 Å². The van der Waals surface area contributed by atoms with Crippen molar-refractivity contribution >= 4 is 5.78 Å². The number of rotatable bonds is 3. The molecule has 0 bridgehead atoms. The summed E-state index contributed by atoms with van der Waals surface area (Å²) < 4.78 is 24.1. The van der Waals surface area contributed by atoms with Crippen molar-refractivity contribution in [2.24, 2.45) is 0 Å². The molecule has 4 heteroatoms. The molecule has 0 unspecified atom stereocenters. The Morgan fingerprint density at radius 1 is 1.41 bits per heavy atom. The Bertz CT molecular complexity index is 411. The van der Waals surface area contributed by atoms with E-state index in [9.17, 15) is 9.18 Å². The van der Waals surface area contributed by atoms with E-state index in [1.165, 1.54) is 25.1 Å². The van der Waals surface area contributed by atoms with Crippen LogP contribution >= 0.6 is 0 Å². The Balaban J connectivity index is 2.17. The molecule has 0 radical (unpaired) electrons. The van der Waals surface area contributed by atoms with Gasteiger partial charge >= 0.3 is 0 Å². The van der Waals surface area contributed by atoms with Crippen LogP contribution in [0.5, 0.6) is 5.75 Å². The summed E-state index contributed by atoms with van der Waals surface area (Å²) in [5, 5.41) is 0. The fourth-order valence-corrected chi connectivity index (χ4v) is 1.86. The molecule has 1 fully saturated rings. The van der Waals surface area contributed by atoms with Crippen LogP contribution in [0.25, 0.3) is 0 Å². The summed E-state index contributed by atoms with van der Waals surface area (Å²) in [5.41, 5.74) is 0.429. The van der Waals surface area contributed by atoms with Crippen LogP contribution in [0, 0.1) is 5.82 Å². The predicted molar refractivity (Wildman–Crippen MR) is 60.9 cm³/mol. The van der Waals surface area contributed by atoms with Gasteiger partial charge in [-0.3, -0.25) is 4.79 Å².